The zero-order chi connectivity index (χ0) is 31.5. The van der Waals surface area contributed by atoms with E-state index in [9.17, 15) is 10.1 Å². The number of ether oxygens (including phenoxy) is 1. The van der Waals surface area contributed by atoms with Gasteiger partial charge in [-0.1, -0.05) is 41.9 Å². The fourth-order valence-corrected chi connectivity index (χ4v) is 7.16. The number of nitrogens with zero attached hydrogens (tertiary/aromatic N) is 7. The van der Waals surface area contributed by atoms with Crippen LogP contribution in [0.3, 0.4) is 0 Å². The number of hydrogen-bond acceptors (Lipinski definition) is 9. The summed E-state index contributed by atoms with van der Waals surface area (Å²) in [7, 11) is 2.13. The Labute approximate surface area is 270 Å². The number of hydrogen-bond donors (Lipinski definition) is 1. The van der Waals surface area contributed by atoms with Gasteiger partial charge in [0.05, 0.1) is 35.8 Å². The van der Waals surface area contributed by atoms with Crippen molar-refractivity contribution in [1.82, 2.24) is 19.8 Å². The summed E-state index contributed by atoms with van der Waals surface area (Å²) in [5.74, 6) is 0.782. The van der Waals surface area contributed by atoms with Crippen LogP contribution in [-0.2, 0) is 17.8 Å². The second-order valence-electron chi connectivity index (χ2n) is 12.3. The third-order valence-electron chi connectivity index (χ3n) is 9.41. The first-order valence-electron chi connectivity index (χ1n) is 15.8. The smallest absolute Gasteiger partial charge is 0.318 e. The zero-order valence-electron chi connectivity index (χ0n) is 25.9. The maximum Gasteiger partial charge on any atom is 0.318 e. The van der Waals surface area contributed by atoms with Gasteiger partial charge in [0.15, 0.2) is 0 Å². The Morgan fingerprint density at radius 2 is 2.00 bits per heavy atom. The van der Waals surface area contributed by atoms with Crippen LogP contribution in [0.4, 0.5) is 11.5 Å². The molecule has 0 aliphatic carbocycles. The number of carbonyl (C=O) groups excluding carboxylic acids is 1. The number of anilines is 2. The predicted octanol–water partition coefficient (Wildman–Crippen LogP) is 4.15. The zero-order valence-corrected chi connectivity index (χ0v) is 26.6. The molecule has 2 fully saturated rings. The van der Waals surface area contributed by atoms with E-state index in [2.05, 4.69) is 58.7 Å². The van der Waals surface area contributed by atoms with E-state index >= 15 is 0 Å². The molecule has 3 aliphatic heterocycles. The summed E-state index contributed by atoms with van der Waals surface area (Å²) in [6.07, 6.45) is 4.98. The fourth-order valence-electron chi connectivity index (χ4n) is 6.88. The van der Waals surface area contributed by atoms with E-state index in [0.29, 0.717) is 44.8 Å². The van der Waals surface area contributed by atoms with Crippen LogP contribution < -0.4 is 20.3 Å². The van der Waals surface area contributed by atoms with Gasteiger partial charge in [0.2, 0.25) is 5.91 Å². The molecule has 1 amide bonds. The minimum atomic E-state index is -0.412. The molecule has 3 aliphatic rings. The van der Waals surface area contributed by atoms with E-state index in [1.807, 2.05) is 12.1 Å². The average Bonchev–Trinajstić information content (AvgIpc) is 3.47. The van der Waals surface area contributed by atoms with E-state index in [1.165, 1.54) is 0 Å². The molecule has 0 unspecified atom stereocenters. The number of carbonyl (C=O) groups is 1. The molecule has 1 aromatic heterocycles. The van der Waals surface area contributed by atoms with Gasteiger partial charge in [-0.05, 0) is 50.4 Å². The van der Waals surface area contributed by atoms with Gasteiger partial charge in [-0.15, -0.1) is 6.58 Å². The molecule has 0 saturated carbocycles. The highest BCUT2D eigenvalue weighted by Gasteiger charge is 2.34. The average molecular weight is 629 g/mol. The van der Waals surface area contributed by atoms with Gasteiger partial charge < -0.3 is 30.1 Å². The summed E-state index contributed by atoms with van der Waals surface area (Å²) in [5, 5.41) is 12.5. The van der Waals surface area contributed by atoms with Gasteiger partial charge in [0.1, 0.15) is 12.4 Å². The van der Waals surface area contributed by atoms with Gasteiger partial charge >= 0.3 is 6.01 Å². The minimum Gasteiger partial charge on any atom is -0.462 e. The monoisotopic (exact) mass is 628 g/mol. The second kappa shape index (κ2) is 13.6. The van der Waals surface area contributed by atoms with Crippen LogP contribution in [0.2, 0.25) is 5.02 Å². The molecule has 3 atom stereocenters. The summed E-state index contributed by atoms with van der Waals surface area (Å²) in [4.78, 5) is 31.8. The number of fused-ring (bicyclic) bond motifs is 2. The van der Waals surface area contributed by atoms with Crippen LogP contribution in [0, 0.1) is 11.3 Å². The van der Waals surface area contributed by atoms with Crippen molar-refractivity contribution in [2.75, 3.05) is 56.2 Å². The highest BCUT2D eigenvalue weighted by atomic mass is 35.5. The van der Waals surface area contributed by atoms with Gasteiger partial charge in [-0.2, -0.15) is 15.2 Å². The number of likely N-dealkylation sites (N-methyl/N-ethyl adjacent to an activating group) is 1. The number of halogens is 1. The predicted molar refractivity (Wildman–Crippen MR) is 178 cm³/mol. The van der Waals surface area contributed by atoms with Gasteiger partial charge in [-0.3, -0.25) is 4.79 Å². The largest absolute Gasteiger partial charge is 0.462 e. The minimum absolute atomic E-state index is 0.0545. The van der Waals surface area contributed by atoms with E-state index < -0.39 is 6.04 Å². The molecule has 6 rings (SSSR count). The summed E-state index contributed by atoms with van der Waals surface area (Å²) in [6, 6.07) is 14.6. The first kappa shape index (κ1) is 31.1. The summed E-state index contributed by atoms with van der Waals surface area (Å²) in [6.45, 7) is 8.24. The van der Waals surface area contributed by atoms with Crippen LogP contribution in [-0.4, -0.2) is 90.2 Å². The van der Waals surface area contributed by atoms with Crippen molar-refractivity contribution < 1.29 is 9.53 Å². The molecular weight excluding hydrogens is 588 g/mol. The molecule has 10 nitrogen and oxygen atoms in total. The Morgan fingerprint density at radius 3 is 2.76 bits per heavy atom. The Morgan fingerprint density at radius 1 is 1.18 bits per heavy atom. The standard InChI is InChI=1S/C34H41ClN8O2/c1-3-24(37)19-31(44)43-18-17-42(20-25(43)12-14-36)33-27-13-16-41(30-11-5-8-23-7-4-10-28(35)32(23)30)21-29(27)38-34(39-33)45-22-26-9-6-15-40(26)2/h3-5,7-8,10-11,24-26H,1,6,9,12-13,15-22,37H2,2H3/t24-,25-,26-/m0/s1. The number of benzene rings is 2. The molecule has 0 radical (unpaired) electrons. The van der Waals surface area contributed by atoms with Crippen molar-refractivity contribution in [2.45, 2.75) is 56.8 Å². The molecule has 3 aromatic rings. The molecule has 45 heavy (non-hydrogen) atoms. The summed E-state index contributed by atoms with van der Waals surface area (Å²) in [5.41, 5.74) is 9.10. The first-order valence-corrected chi connectivity index (χ1v) is 16.2. The lowest BCUT2D eigenvalue weighted by molar-refractivity contribution is -0.134. The SMILES string of the molecule is C=C[C@H](N)CC(=O)N1CCN(c2nc(OC[C@@H]3CCCN3C)nc3c2CCN(c2cccc4cccc(Cl)c24)C3)C[C@@H]1CC#N. The maximum absolute atomic E-state index is 13.1. The van der Waals surface area contributed by atoms with Crippen molar-refractivity contribution in [3.63, 3.8) is 0 Å². The Balaban J connectivity index is 1.31. The van der Waals surface area contributed by atoms with Gasteiger partial charge in [0.25, 0.3) is 0 Å². The number of rotatable bonds is 9. The van der Waals surface area contributed by atoms with E-state index in [4.69, 9.17) is 32.0 Å². The normalized spacial score (nSPS) is 21.0. The molecule has 2 saturated heterocycles. The quantitative estimate of drug-likeness (QED) is 0.349. The van der Waals surface area contributed by atoms with Crippen LogP contribution in [0.25, 0.3) is 10.8 Å². The van der Waals surface area contributed by atoms with Crippen molar-refractivity contribution >= 4 is 39.8 Å². The first-order chi connectivity index (χ1) is 21.9. The Hall–Kier alpha value is -3.91. The number of likely N-dealkylation sites (tertiary alicyclic amines) is 1. The topological polar surface area (TPSA) is 115 Å². The molecule has 4 heterocycles. The molecule has 0 bridgehead atoms. The summed E-state index contributed by atoms with van der Waals surface area (Å²) < 4.78 is 6.31. The number of nitriles is 1. The third kappa shape index (κ3) is 6.57. The Kier molecular flexibility index (Phi) is 9.40. The molecule has 11 heteroatoms. The lowest BCUT2D eigenvalue weighted by Crippen LogP contribution is -2.56. The molecule has 2 aromatic carbocycles. The van der Waals surface area contributed by atoms with E-state index in [1.54, 1.807) is 11.0 Å². The van der Waals surface area contributed by atoms with E-state index in [-0.39, 0.29) is 24.8 Å². The van der Waals surface area contributed by atoms with Crippen LogP contribution >= 0.6 is 11.6 Å². The molecule has 236 valence electrons. The maximum atomic E-state index is 13.1. The molecule has 0 spiro atoms. The fraction of sp³-hybridized carbons (Fsp3) is 0.471. The molecular formula is C34H41ClN8O2. The van der Waals surface area contributed by atoms with Crippen LogP contribution in [0.5, 0.6) is 6.01 Å². The van der Waals surface area contributed by atoms with Crippen molar-refractivity contribution in [3.05, 3.63) is 65.3 Å². The number of amides is 1. The summed E-state index contributed by atoms with van der Waals surface area (Å²) >= 11 is 6.71. The number of piperazine rings is 1. The van der Waals surface area contributed by atoms with E-state index in [0.717, 1.165) is 70.9 Å². The van der Waals surface area contributed by atoms with Gasteiger partial charge in [-0.25, -0.2) is 0 Å². The number of aromatic nitrogens is 2. The van der Waals surface area contributed by atoms with Gasteiger partial charge in [0, 0.05) is 61.3 Å². The number of nitrogens with two attached hydrogens (primary N) is 1. The second-order valence-corrected chi connectivity index (χ2v) is 12.7. The third-order valence-corrected chi connectivity index (χ3v) is 9.73. The van der Waals surface area contributed by atoms with Crippen molar-refractivity contribution in [2.24, 2.45) is 5.73 Å². The molecule has 2 N–H and O–H groups in total. The lowest BCUT2D eigenvalue weighted by atomic mass is 10.0. The van der Waals surface area contributed by atoms with Crippen molar-refractivity contribution in [3.8, 4) is 12.1 Å². The lowest BCUT2D eigenvalue weighted by Gasteiger charge is -2.42. The highest BCUT2D eigenvalue weighted by Crippen LogP contribution is 2.37. The van der Waals surface area contributed by atoms with Crippen molar-refractivity contribution in [1.29, 1.82) is 5.26 Å². The van der Waals surface area contributed by atoms with Crippen LogP contribution in [0.15, 0.2) is 49.1 Å². The Bertz CT molecular complexity index is 1600. The van der Waals surface area contributed by atoms with Crippen LogP contribution in [0.1, 0.15) is 36.9 Å². The highest BCUT2D eigenvalue weighted by molar-refractivity contribution is 6.36.